The van der Waals surface area contributed by atoms with Crippen molar-refractivity contribution in [2.75, 3.05) is 0 Å². The van der Waals surface area contributed by atoms with Crippen molar-refractivity contribution < 1.29 is 23.1 Å². The monoisotopic (exact) mass is 346 g/mol. The Morgan fingerprint density at radius 2 is 1.64 bits per heavy atom. The first-order chi connectivity index (χ1) is 11.8. The lowest BCUT2D eigenvalue weighted by Gasteiger charge is -2.15. The van der Waals surface area contributed by atoms with E-state index in [2.05, 4.69) is 5.10 Å². The lowest BCUT2D eigenvalue weighted by atomic mass is 10.00. The molecule has 2 aromatic carbocycles. The van der Waals surface area contributed by atoms with Crippen molar-refractivity contribution in [1.82, 2.24) is 9.78 Å². The summed E-state index contributed by atoms with van der Waals surface area (Å²) in [6.45, 7) is 1.46. The van der Waals surface area contributed by atoms with Crippen LogP contribution in [0.4, 0.5) is 13.2 Å². The maximum absolute atomic E-state index is 13.4. The van der Waals surface area contributed by atoms with Crippen LogP contribution in [0.1, 0.15) is 21.6 Å². The zero-order chi connectivity index (χ0) is 18.2. The minimum Gasteiger partial charge on any atom is -0.476 e. The first-order valence-electron chi connectivity index (χ1n) is 7.35. The van der Waals surface area contributed by atoms with Gasteiger partial charge in [0.15, 0.2) is 5.69 Å². The van der Waals surface area contributed by atoms with Gasteiger partial charge in [-0.1, -0.05) is 36.4 Å². The summed E-state index contributed by atoms with van der Waals surface area (Å²) in [5.74, 6) is -1.29. The molecule has 4 nitrogen and oxygen atoms in total. The molecule has 0 amide bonds. The van der Waals surface area contributed by atoms with Gasteiger partial charge in [-0.15, -0.1) is 0 Å². The number of hydrogen-bond acceptors (Lipinski definition) is 2. The van der Waals surface area contributed by atoms with E-state index in [1.807, 2.05) is 0 Å². The molecule has 0 aliphatic heterocycles. The van der Waals surface area contributed by atoms with Crippen molar-refractivity contribution >= 4 is 5.97 Å². The van der Waals surface area contributed by atoms with Crippen molar-refractivity contribution in [3.05, 3.63) is 71.4 Å². The van der Waals surface area contributed by atoms with Crippen LogP contribution in [0, 0.1) is 6.92 Å². The van der Waals surface area contributed by atoms with Gasteiger partial charge in [-0.25, -0.2) is 9.48 Å². The molecule has 0 radical (unpaired) electrons. The van der Waals surface area contributed by atoms with Crippen LogP contribution in [0.3, 0.4) is 0 Å². The molecular weight excluding hydrogens is 333 g/mol. The highest BCUT2D eigenvalue weighted by Gasteiger charge is 2.35. The first kappa shape index (κ1) is 16.8. The standard InChI is InChI=1S/C18H13F3N2O2/c1-11-15(17(24)25)22-23(12-7-3-2-4-8-12)16(11)13-9-5-6-10-14(13)18(19,20)21/h2-10H,1H3,(H,24,25). The molecule has 0 bridgehead atoms. The number of nitrogens with zero attached hydrogens (tertiary/aromatic N) is 2. The van der Waals surface area contributed by atoms with Gasteiger partial charge in [0.25, 0.3) is 0 Å². The average molecular weight is 346 g/mol. The minimum absolute atomic E-state index is 0.108. The molecule has 0 unspecified atom stereocenters. The van der Waals surface area contributed by atoms with Crippen molar-refractivity contribution in [2.24, 2.45) is 0 Å². The highest BCUT2D eigenvalue weighted by atomic mass is 19.4. The summed E-state index contributed by atoms with van der Waals surface area (Å²) in [7, 11) is 0. The number of rotatable bonds is 3. The van der Waals surface area contributed by atoms with Gasteiger partial charge in [0.2, 0.25) is 0 Å². The van der Waals surface area contributed by atoms with Gasteiger partial charge < -0.3 is 5.11 Å². The van der Waals surface area contributed by atoms with Crippen molar-refractivity contribution in [3.8, 4) is 16.9 Å². The van der Waals surface area contributed by atoms with Crippen LogP contribution in [-0.4, -0.2) is 20.9 Å². The molecule has 0 saturated heterocycles. The fourth-order valence-electron chi connectivity index (χ4n) is 2.71. The smallest absolute Gasteiger partial charge is 0.417 e. The second-order valence-corrected chi connectivity index (χ2v) is 5.42. The highest BCUT2D eigenvalue weighted by molar-refractivity contribution is 5.90. The minimum atomic E-state index is -4.57. The normalized spacial score (nSPS) is 11.5. The number of hydrogen-bond donors (Lipinski definition) is 1. The molecule has 0 fully saturated rings. The molecule has 25 heavy (non-hydrogen) atoms. The van der Waals surface area contributed by atoms with E-state index in [0.29, 0.717) is 5.69 Å². The number of aromatic nitrogens is 2. The molecule has 0 spiro atoms. The van der Waals surface area contributed by atoms with Crippen molar-refractivity contribution in [1.29, 1.82) is 0 Å². The predicted molar refractivity (Wildman–Crippen MR) is 85.7 cm³/mol. The Labute approximate surface area is 141 Å². The number of benzene rings is 2. The Bertz CT molecular complexity index is 931. The van der Waals surface area contributed by atoms with E-state index in [9.17, 15) is 23.1 Å². The lowest BCUT2D eigenvalue weighted by molar-refractivity contribution is -0.137. The molecule has 1 aromatic heterocycles. The van der Waals surface area contributed by atoms with Crippen LogP contribution in [0.25, 0.3) is 16.9 Å². The van der Waals surface area contributed by atoms with E-state index >= 15 is 0 Å². The van der Waals surface area contributed by atoms with Crippen LogP contribution in [0.15, 0.2) is 54.6 Å². The predicted octanol–water partition coefficient (Wildman–Crippen LogP) is 4.56. The van der Waals surface area contributed by atoms with Crippen LogP contribution >= 0.6 is 0 Å². The Morgan fingerprint density at radius 1 is 1.04 bits per heavy atom. The average Bonchev–Trinajstić information content (AvgIpc) is 2.92. The molecule has 1 N–H and O–H groups in total. The van der Waals surface area contributed by atoms with E-state index in [1.54, 1.807) is 30.3 Å². The summed E-state index contributed by atoms with van der Waals surface area (Å²) in [6, 6.07) is 13.5. The molecule has 3 rings (SSSR count). The number of carboxylic acids is 1. The Hall–Kier alpha value is -3.09. The third kappa shape index (κ3) is 3.00. The molecule has 7 heteroatoms. The number of carboxylic acid groups (broad SMARTS) is 1. The molecule has 1 heterocycles. The quantitative estimate of drug-likeness (QED) is 0.756. The van der Waals surface area contributed by atoms with E-state index in [1.165, 1.54) is 29.8 Å². The molecule has 0 saturated carbocycles. The van der Waals surface area contributed by atoms with Crippen LogP contribution in [-0.2, 0) is 6.18 Å². The summed E-state index contributed by atoms with van der Waals surface area (Å²) in [5.41, 5.74) is -0.478. The molecule has 128 valence electrons. The van der Waals surface area contributed by atoms with E-state index < -0.39 is 17.7 Å². The van der Waals surface area contributed by atoms with Gasteiger partial charge in [0.05, 0.1) is 16.9 Å². The summed E-state index contributed by atoms with van der Waals surface area (Å²) in [6.07, 6.45) is -4.57. The van der Waals surface area contributed by atoms with Gasteiger partial charge in [0.1, 0.15) is 0 Å². The zero-order valence-electron chi connectivity index (χ0n) is 13.1. The summed E-state index contributed by atoms with van der Waals surface area (Å²) >= 11 is 0. The van der Waals surface area contributed by atoms with Crippen molar-refractivity contribution in [2.45, 2.75) is 13.1 Å². The first-order valence-corrected chi connectivity index (χ1v) is 7.35. The molecule has 0 atom stereocenters. The Morgan fingerprint density at radius 3 is 2.24 bits per heavy atom. The lowest BCUT2D eigenvalue weighted by Crippen LogP contribution is -2.09. The number of carbonyl (C=O) groups is 1. The highest BCUT2D eigenvalue weighted by Crippen LogP contribution is 2.39. The van der Waals surface area contributed by atoms with Gasteiger partial charge in [-0.2, -0.15) is 18.3 Å². The van der Waals surface area contributed by atoms with E-state index in [4.69, 9.17) is 0 Å². The maximum Gasteiger partial charge on any atom is 0.417 e. The van der Waals surface area contributed by atoms with Crippen molar-refractivity contribution in [3.63, 3.8) is 0 Å². The van der Waals surface area contributed by atoms with Gasteiger partial charge in [-0.05, 0) is 25.1 Å². The number of halogens is 3. The SMILES string of the molecule is Cc1c(C(=O)O)nn(-c2ccccc2)c1-c1ccccc1C(F)(F)F. The maximum atomic E-state index is 13.4. The second kappa shape index (κ2) is 6.08. The second-order valence-electron chi connectivity index (χ2n) is 5.42. The number of para-hydroxylation sites is 1. The van der Waals surface area contributed by atoms with Gasteiger partial charge in [0, 0.05) is 11.1 Å². The topological polar surface area (TPSA) is 55.1 Å². The Balaban J connectivity index is 2.36. The number of alkyl halides is 3. The zero-order valence-corrected chi connectivity index (χ0v) is 13.1. The van der Waals surface area contributed by atoms with Gasteiger partial charge in [-0.3, -0.25) is 0 Å². The molecule has 0 aliphatic carbocycles. The van der Waals surface area contributed by atoms with Crippen LogP contribution < -0.4 is 0 Å². The molecular formula is C18H13F3N2O2. The summed E-state index contributed by atoms with van der Waals surface area (Å²) in [5, 5.41) is 13.4. The molecule has 0 aliphatic rings. The largest absolute Gasteiger partial charge is 0.476 e. The summed E-state index contributed by atoms with van der Waals surface area (Å²) < 4.78 is 41.5. The van der Waals surface area contributed by atoms with Gasteiger partial charge >= 0.3 is 12.1 Å². The van der Waals surface area contributed by atoms with E-state index in [-0.39, 0.29) is 22.5 Å². The summed E-state index contributed by atoms with van der Waals surface area (Å²) in [4.78, 5) is 11.4. The fraction of sp³-hybridized carbons (Fsp3) is 0.111. The number of aromatic carboxylic acids is 1. The van der Waals surface area contributed by atoms with Crippen LogP contribution in [0.2, 0.25) is 0 Å². The third-order valence-corrected chi connectivity index (χ3v) is 3.81. The van der Waals surface area contributed by atoms with Crippen LogP contribution in [0.5, 0.6) is 0 Å². The van der Waals surface area contributed by atoms with E-state index in [0.717, 1.165) is 6.07 Å². The molecule has 3 aromatic rings. The Kier molecular flexibility index (Phi) is 4.08. The third-order valence-electron chi connectivity index (χ3n) is 3.81. The fourth-order valence-corrected chi connectivity index (χ4v) is 2.71.